The van der Waals surface area contributed by atoms with E-state index in [2.05, 4.69) is 15.4 Å². The SMILES string of the molecule is CN=C1S[C@H](CC(=O)Nc2c(C)cccc2C)C(=O)N1/N=C\c1cccs1. The monoisotopic (exact) mass is 400 g/mol. The van der Waals surface area contributed by atoms with Crippen molar-refractivity contribution in [3.63, 3.8) is 0 Å². The first kappa shape index (κ1) is 19.3. The summed E-state index contributed by atoms with van der Waals surface area (Å²) in [6.07, 6.45) is 1.70. The van der Waals surface area contributed by atoms with Crippen molar-refractivity contribution in [2.75, 3.05) is 12.4 Å². The summed E-state index contributed by atoms with van der Waals surface area (Å²) in [6, 6.07) is 9.67. The number of benzene rings is 1. The summed E-state index contributed by atoms with van der Waals surface area (Å²) in [5.74, 6) is -0.428. The zero-order chi connectivity index (χ0) is 19.4. The van der Waals surface area contributed by atoms with Gasteiger partial charge in [0.25, 0.3) is 5.91 Å². The number of aryl methyl sites for hydroxylation is 2. The molecule has 2 heterocycles. The van der Waals surface area contributed by atoms with E-state index in [-0.39, 0.29) is 18.2 Å². The number of hydrogen-bond donors (Lipinski definition) is 1. The van der Waals surface area contributed by atoms with Crippen LogP contribution in [0.25, 0.3) is 0 Å². The van der Waals surface area contributed by atoms with Gasteiger partial charge in [-0.05, 0) is 36.4 Å². The Balaban J connectivity index is 1.68. The molecule has 8 heteroatoms. The number of anilines is 1. The van der Waals surface area contributed by atoms with E-state index >= 15 is 0 Å². The van der Waals surface area contributed by atoms with Gasteiger partial charge in [-0.15, -0.1) is 11.3 Å². The number of thioether (sulfide) groups is 1. The molecule has 0 saturated carbocycles. The second-order valence-corrected chi connectivity index (χ2v) is 8.19. The molecule has 1 atom stereocenters. The molecule has 1 aliphatic heterocycles. The van der Waals surface area contributed by atoms with Crippen LogP contribution in [0.2, 0.25) is 0 Å². The van der Waals surface area contributed by atoms with Crippen molar-refractivity contribution in [3.8, 4) is 0 Å². The normalized spacial score (nSPS) is 18.6. The zero-order valence-corrected chi connectivity index (χ0v) is 16.9. The molecule has 3 rings (SSSR count). The molecule has 0 radical (unpaired) electrons. The van der Waals surface area contributed by atoms with Crippen molar-refractivity contribution in [2.24, 2.45) is 10.1 Å². The maximum Gasteiger partial charge on any atom is 0.263 e. The van der Waals surface area contributed by atoms with Gasteiger partial charge >= 0.3 is 0 Å². The molecular formula is C19H20N4O2S2. The van der Waals surface area contributed by atoms with Crippen LogP contribution in [-0.2, 0) is 9.59 Å². The maximum absolute atomic E-state index is 12.7. The lowest BCUT2D eigenvalue weighted by molar-refractivity contribution is -0.128. The van der Waals surface area contributed by atoms with Crippen LogP contribution in [0.4, 0.5) is 5.69 Å². The van der Waals surface area contributed by atoms with Crippen LogP contribution in [0.15, 0.2) is 45.8 Å². The second kappa shape index (κ2) is 8.49. The number of hydrogen-bond acceptors (Lipinski definition) is 6. The fourth-order valence-corrected chi connectivity index (χ4v) is 4.30. The number of thiophene rings is 1. The first-order valence-corrected chi connectivity index (χ1v) is 10.2. The predicted molar refractivity (Wildman–Crippen MR) is 113 cm³/mol. The van der Waals surface area contributed by atoms with Gasteiger partial charge in [-0.3, -0.25) is 14.6 Å². The van der Waals surface area contributed by atoms with E-state index in [0.29, 0.717) is 5.17 Å². The minimum atomic E-state index is -0.534. The van der Waals surface area contributed by atoms with Crippen LogP contribution >= 0.6 is 23.1 Å². The molecule has 2 amide bonds. The van der Waals surface area contributed by atoms with E-state index in [4.69, 9.17) is 0 Å². The quantitative estimate of drug-likeness (QED) is 0.779. The van der Waals surface area contributed by atoms with Gasteiger partial charge in [0.2, 0.25) is 5.91 Å². The highest BCUT2D eigenvalue weighted by molar-refractivity contribution is 8.15. The molecule has 0 unspecified atom stereocenters. The molecule has 1 fully saturated rings. The van der Waals surface area contributed by atoms with Gasteiger partial charge in [-0.1, -0.05) is 36.0 Å². The minimum absolute atomic E-state index is 0.0708. The summed E-state index contributed by atoms with van der Waals surface area (Å²) < 4.78 is 0. The highest BCUT2D eigenvalue weighted by Gasteiger charge is 2.39. The summed E-state index contributed by atoms with van der Waals surface area (Å²) in [5.41, 5.74) is 2.79. The second-order valence-electron chi connectivity index (χ2n) is 6.04. The van der Waals surface area contributed by atoms with Crippen molar-refractivity contribution >= 4 is 52.0 Å². The third kappa shape index (κ3) is 4.45. The fraction of sp³-hybridized carbons (Fsp3) is 0.263. The lowest BCUT2D eigenvalue weighted by Gasteiger charge is -2.12. The molecule has 0 spiro atoms. The Morgan fingerprint density at radius 1 is 1.26 bits per heavy atom. The molecule has 27 heavy (non-hydrogen) atoms. The van der Waals surface area contributed by atoms with E-state index in [1.165, 1.54) is 28.1 Å². The molecule has 0 aliphatic carbocycles. The zero-order valence-electron chi connectivity index (χ0n) is 15.3. The molecule has 1 aromatic heterocycles. The number of nitrogens with zero attached hydrogens (tertiary/aromatic N) is 3. The van der Waals surface area contributed by atoms with E-state index in [9.17, 15) is 9.59 Å². The Morgan fingerprint density at radius 2 is 2.00 bits per heavy atom. The third-order valence-corrected chi connectivity index (χ3v) is 6.09. The number of carbonyl (C=O) groups is 2. The number of amidine groups is 1. The molecule has 2 aromatic rings. The third-order valence-electron chi connectivity index (χ3n) is 4.06. The van der Waals surface area contributed by atoms with Gasteiger partial charge in [0.15, 0.2) is 5.17 Å². The summed E-state index contributed by atoms with van der Waals surface area (Å²) in [5, 5.41) is 10.4. The first-order chi connectivity index (χ1) is 13.0. The highest BCUT2D eigenvalue weighted by Crippen LogP contribution is 2.30. The van der Waals surface area contributed by atoms with Crippen LogP contribution < -0.4 is 5.32 Å². The molecular weight excluding hydrogens is 380 g/mol. The lowest BCUT2D eigenvalue weighted by Crippen LogP contribution is -2.30. The fourth-order valence-electron chi connectivity index (χ4n) is 2.69. The van der Waals surface area contributed by atoms with Crippen LogP contribution in [0.5, 0.6) is 0 Å². The first-order valence-electron chi connectivity index (χ1n) is 8.40. The molecule has 1 aliphatic rings. The average molecular weight is 401 g/mol. The van der Waals surface area contributed by atoms with Gasteiger partial charge in [-0.2, -0.15) is 10.1 Å². The molecule has 1 N–H and O–H groups in total. The van der Waals surface area contributed by atoms with Gasteiger partial charge in [0.05, 0.1) is 6.21 Å². The highest BCUT2D eigenvalue weighted by atomic mass is 32.2. The van der Waals surface area contributed by atoms with E-state index in [1.54, 1.807) is 13.3 Å². The molecule has 1 aromatic carbocycles. The average Bonchev–Trinajstić information content (AvgIpc) is 3.25. The van der Waals surface area contributed by atoms with Crippen molar-refractivity contribution in [3.05, 3.63) is 51.7 Å². The van der Waals surface area contributed by atoms with Gasteiger partial charge in [0, 0.05) is 24.0 Å². The number of hydrazone groups is 1. The van der Waals surface area contributed by atoms with Crippen LogP contribution in [-0.4, -0.2) is 40.5 Å². The van der Waals surface area contributed by atoms with Crippen LogP contribution in [0, 0.1) is 13.8 Å². The lowest BCUT2D eigenvalue weighted by atomic mass is 10.1. The Kier molecular flexibility index (Phi) is 6.08. The van der Waals surface area contributed by atoms with Crippen molar-refractivity contribution in [2.45, 2.75) is 25.5 Å². The Morgan fingerprint density at radius 3 is 2.63 bits per heavy atom. The number of nitrogens with one attached hydrogen (secondary N) is 1. The van der Waals surface area contributed by atoms with Gasteiger partial charge < -0.3 is 5.32 Å². The van der Waals surface area contributed by atoms with Gasteiger partial charge in [0.1, 0.15) is 5.25 Å². The minimum Gasteiger partial charge on any atom is -0.326 e. The van der Waals surface area contributed by atoms with E-state index in [1.807, 2.05) is 49.6 Å². The summed E-state index contributed by atoms with van der Waals surface area (Å²) in [4.78, 5) is 30.3. The van der Waals surface area contributed by atoms with Gasteiger partial charge in [-0.25, -0.2) is 0 Å². The topological polar surface area (TPSA) is 74.1 Å². The maximum atomic E-state index is 12.7. The molecule has 6 nitrogen and oxygen atoms in total. The number of para-hydroxylation sites is 1. The molecule has 0 bridgehead atoms. The smallest absolute Gasteiger partial charge is 0.263 e. The predicted octanol–water partition coefficient (Wildman–Crippen LogP) is 3.66. The summed E-state index contributed by atoms with van der Waals surface area (Å²) in [7, 11) is 1.61. The van der Waals surface area contributed by atoms with Crippen molar-refractivity contribution < 1.29 is 9.59 Å². The molecule has 140 valence electrons. The van der Waals surface area contributed by atoms with Crippen LogP contribution in [0.1, 0.15) is 22.4 Å². The largest absolute Gasteiger partial charge is 0.326 e. The van der Waals surface area contributed by atoms with Crippen molar-refractivity contribution in [1.29, 1.82) is 0 Å². The number of carbonyl (C=O) groups excluding carboxylic acids is 2. The Labute approximate surface area is 166 Å². The Bertz CT molecular complexity index is 886. The van der Waals surface area contributed by atoms with E-state index < -0.39 is 5.25 Å². The summed E-state index contributed by atoms with van der Waals surface area (Å²) >= 11 is 2.80. The van der Waals surface area contributed by atoms with Crippen molar-refractivity contribution in [1.82, 2.24) is 5.01 Å². The standard InChI is InChI=1S/C19H20N4O2S2/c1-12-6-4-7-13(2)17(12)22-16(24)10-15-18(25)23(19(20-3)27-15)21-11-14-8-5-9-26-14/h4-9,11,15H,10H2,1-3H3,(H,22,24)/b20-19?,21-11-/t15-/m1/s1. The van der Waals surface area contributed by atoms with E-state index in [0.717, 1.165) is 21.7 Å². The van der Waals surface area contributed by atoms with Crippen LogP contribution in [0.3, 0.4) is 0 Å². The number of aliphatic imine (C=N–C) groups is 1. The summed E-state index contributed by atoms with van der Waals surface area (Å²) in [6.45, 7) is 3.89. The number of amides is 2. The Hall–Kier alpha value is -2.45. The number of rotatable bonds is 5. The molecule has 1 saturated heterocycles.